The average molecular weight is 278 g/mol. The van der Waals surface area contributed by atoms with Crippen LogP contribution in [-0.2, 0) is 16.1 Å². The van der Waals surface area contributed by atoms with Gasteiger partial charge in [0.25, 0.3) is 0 Å². The van der Waals surface area contributed by atoms with Crippen LogP contribution in [0.15, 0.2) is 24.3 Å². The minimum Gasteiger partial charge on any atom is -0.481 e. The molecule has 0 bridgehead atoms. The average Bonchev–Trinajstić information content (AvgIpc) is 2.40. The van der Waals surface area contributed by atoms with E-state index < -0.39 is 11.9 Å². The van der Waals surface area contributed by atoms with E-state index in [9.17, 15) is 9.59 Å². The predicted octanol–water partition coefficient (Wildman–Crippen LogP) is 1.26. The van der Waals surface area contributed by atoms with Gasteiger partial charge in [-0.05, 0) is 12.5 Å². The van der Waals surface area contributed by atoms with E-state index in [4.69, 9.17) is 5.11 Å². The van der Waals surface area contributed by atoms with E-state index in [1.54, 1.807) is 14.0 Å². The van der Waals surface area contributed by atoms with Gasteiger partial charge in [0, 0.05) is 20.1 Å². The van der Waals surface area contributed by atoms with Crippen molar-refractivity contribution >= 4 is 11.9 Å². The Hall–Kier alpha value is -1.88. The van der Waals surface area contributed by atoms with E-state index in [1.807, 2.05) is 36.1 Å². The topological polar surface area (TPSA) is 69.6 Å². The summed E-state index contributed by atoms with van der Waals surface area (Å²) in [4.78, 5) is 24.3. The number of carbonyl (C=O) groups excluding carboxylic acids is 1. The number of aryl methyl sites for hydroxylation is 1. The molecule has 0 fully saturated rings. The van der Waals surface area contributed by atoms with Crippen LogP contribution < -0.4 is 5.32 Å². The lowest BCUT2D eigenvalue weighted by Crippen LogP contribution is -2.39. The molecule has 0 aliphatic heterocycles. The molecule has 0 aliphatic rings. The normalized spacial score (nSPS) is 12.2. The number of rotatable bonds is 7. The number of hydrogen-bond acceptors (Lipinski definition) is 3. The van der Waals surface area contributed by atoms with Gasteiger partial charge in [0.05, 0.1) is 12.5 Å². The monoisotopic (exact) mass is 278 g/mol. The maximum atomic E-state index is 11.5. The Morgan fingerprint density at radius 3 is 2.40 bits per heavy atom. The Kier molecular flexibility index (Phi) is 6.18. The lowest BCUT2D eigenvalue weighted by molar-refractivity contribution is -0.142. The molecule has 1 aromatic rings. The third-order valence-electron chi connectivity index (χ3n) is 3.13. The third kappa shape index (κ3) is 5.40. The summed E-state index contributed by atoms with van der Waals surface area (Å²) >= 11 is 0. The number of amides is 1. The van der Waals surface area contributed by atoms with Gasteiger partial charge in [-0.1, -0.05) is 36.8 Å². The molecule has 1 rings (SSSR count). The fourth-order valence-electron chi connectivity index (χ4n) is 1.88. The quantitative estimate of drug-likeness (QED) is 0.788. The van der Waals surface area contributed by atoms with Crippen LogP contribution in [0.3, 0.4) is 0 Å². The Morgan fingerprint density at radius 1 is 1.30 bits per heavy atom. The molecule has 5 nitrogen and oxygen atoms in total. The molecule has 1 aromatic carbocycles. The fourth-order valence-corrected chi connectivity index (χ4v) is 1.88. The maximum Gasteiger partial charge on any atom is 0.307 e. The molecule has 0 aromatic heterocycles. The molecule has 0 heterocycles. The number of carbonyl (C=O) groups is 2. The zero-order valence-corrected chi connectivity index (χ0v) is 12.2. The van der Waals surface area contributed by atoms with Gasteiger partial charge in [-0.3, -0.25) is 14.5 Å². The van der Waals surface area contributed by atoms with Gasteiger partial charge in [0.2, 0.25) is 5.91 Å². The predicted molar refractivity (Wildman–Crippen MR) is 77.3 cm³/mol. The highest BCUT2D eigenvalue weighted by atomic mass is 16.4. The molecule has 110 valence electrons. The molecule has 0 spiro atoms. The molecule has 0 radical (unpaired) electrons. The molecule has 0 aliphatic carbocycles. The number of nitrogens with zero attached hydrogens (tertiary/aromatic N) is 1. The van der Waals surface area contributed by atoms with Crippen LogP contribution in [0.2, 0.25) is 0 Å². The number of carboxylic acid groups (broad SMARTS) is 1. The van der Waals surface area contributed by atoms with Gasteiger partial charge in [-0.25, -0.2) is 0 Å². The first-order chi connectivity index (χ1) is 9.42. The summed E-state index contributed by atoms with van der Waals surface area (Å²) in [7, 11) is 1.58. The van der Waals surface area contributed by atoms with Gasteiger partial charge >= 0.3 is 5.97 Å². The lowest BCUT2D eigenvalue weighted by Gasteiger charge is -2.23. The van der Waals surface area contributed by atoms with E-state index >= 15 is 0 Å². The Morgan fingerprint density at radius 2 is 1.90 bits per heavy atom. The van der Waals surface area contributed by atoms with Crippen LogP contribution in [0, 0.1) is 12.8 Å². The summed E-state index contributed by atoms with van der Waals surface area (Å²) in [5.74, 6) is -1.48. The fraction of sp³-hybridized carbons (Fsp3) is 0.467. The van der Waals surface area contributed by atoms with Crippen LogP contribution >= 0.6 is 0 Å². The van der Waals surface area contributed by atoms with Crippen molar-refractivity contribution in [1.82, 2.24) is 10.2 Å². The van der Waals surface area contributed by atoms with Crippen LogP contribution in [0.5, 0.6) is 0 Å². The maximum absolute atomic E-state index is 11.5. The van der Waals surface area contributed by atoms with E-state index in [0.29, 0.717) is 13.1 Å². The number of carboxylic acids is 1. The molecular weight excluding hydrogens is 256 g/mol. The van der Waals surface area contributed by atoms with Crippen molar-refractivity contribution in [3.05, 3.63) is 35.4 Å². The number of benzene rings is 1. The highest BCUT2D eigenvalue weighted by Crippen LogP contribution is 2.09. The molecule has 1 amide bonds. The summed E-state index contributed by atoms with van der Waals surface area (Å²) in [6.07, 6.45) is 0. The van der Waals surface area contributed by atoms with Crippen molar-refractivity contribution < 1.29 is 14.7 Å². The molecule has 2 N–H and O–H groups in total. The van der Waals surface area contributed by atoms with Crippen LogP contribution in [0.1, 0.15) is 18.1 Å². The van der Waals surface area contributed by atoms with Gasteiger partial charge in [0.15, 0.2) is 0 Å². The number of nitrogens with one attached hydrogen (secondary N) is 1. The van der Waals surface area contributed by atoms with E-state index in [-0.39, 0.29) is 12.5 Å². The Balaban J connectivity index is 2.73. The second-order valence-corrected chi connectivity index (χ2v) is 5.07. The van der Waals surface area contributed by atoms with Gasteiger partial charge in [-0.2, -0.15) is 0 Å². The highest BCUT2D eigenvalue weighted by Gasteiger charge is 2.18. The van der Waals surface area contributed by atoms with E-state index in [1.165, 1.54) is 5.56 Å². The zero-order chi connectivity index (χ0) is 15.1. The van der Waals surface area contributed by atoms with Crippen LogP contribution in [-0.4, -0.2) is 42.0 Å². The summed E-state index contributed by atoms with van der Waals surface area (Å²) in [5, 5.41) is 11.6. The molecule has 1 atom stereocenters. The summed E-state index contributed by atoms with van der Waals surface area (Å²) in [6, 6.07) is 8.01. The first kappa shape index (κ1) is 16.2. The molecule has 1 unspecified atom stereocenters. The molecule has 5 heteroatoms. The number of likely N-dealkylation sites (N-methyl/N-ethyl adjacent to an activating group) is 1. The first-order valence-electron chi connectivity index (χ1n) is 6.63. The van der Waals surface area contributed by atoms with Crippen molar-refractivity contribution in [2.45, 2.75) is 20.4 Å². The van der Waals surface area contributed by atoms with Crippen LogP contribution in [0.4, 0.5) is 0 Å². The van der Waals surface area contributed by atoms with Crippen molar-refractivity contribution in [1.29, 1.82) is 0 Å². The number of aliphatic carboxylic acids is 1. The van der Waals surface area contributed by atoms with Crippen molar-refractivity contribution in [2.24, 2.45) is 5.92 Å². The summed E-state index contributed by atoms with van der Waals surface area (Å²) in [6.45, 7) is 4.76. The minimum atomic E-state index is -0.851. The van der Waals surface area contributed by atoms with Crippen LogP contribution in [0.25, 0.3) is 0 Å². The summed E-state index contributed by atoms with van der Waals surface area (Å²) < 4.78 is 0. The second-order valence-electron chi connectivity index (χ2n) is 5.07. The standard InChI is InChI=1S/C15H22N2O3/c1-11-4-6-13(7-5-11)9-17(10-14(18)16-3)8-12(2)15(19)20/h4-7,12H,8-10H2,1-3H3,(H,16,18)(H,19,20). The Labute approximate surface area is 119 Å². The van der Waals surface area contributed by atoms with E-state index in [0.717, 1.165) is 5.56 Å². The zero-order valence-electron chi connectivity index (χ0n) is 12.2. The third-order valence-corrected chi connectivity index (χ3v) is 3.13. The Bertz CT molecular complexity index is 457. The molecule has 0 saturated heterocycles. The molecule has 20 heavy (non-hydrogen) atoms. The van der Waals surface area contributed by atoms with Gasteiger partial charge in [-0.15, -0.1) is 0 Å². The lowest BCUT2D eigenvalue weighted by atomic mass is 10.1. The molecule has 0 saturated carbocycles. The van der Waals surface area contributed by atoms with Gasteiger partial charge in [0.1, 0.15) is 0 Å². The SMILES string of the molecule is CNC(=O)CN(Cc1ccc(C)cc1)CC(C)C(=O)O. The van der Waals surface area contributed by atoms with Crippen molar-refractivity contribution in [2.75, 3.05) is 20.1 Å². The van der Waals surface area contributed by atoms with Crippen molar-refractivity contribution in [3.8, 4) is 0 Å². The smallest absolute Gasteiger partial charge is 0.307 e. The summed E-state index contributed by atoms with van der Waals surface area (Å²) in [5.41, 5.74) is 2.24. The largest absolute Gasteiger partial charge is 0.481 e. The number of hydrogen-bond donors (Lipinski definition) is 2. The first-order valence-corrected chi connectivity index (χ1v) is 6.63. The second kappa shape index (κ2) is 7.65. The molecular formula is C15H22N2O3. The minimum absolute atomic E-state index is 0.116. The van der Waals surface area contributed by atoms with Gasteiger partial charge < -0.3 is 10.4 Å². The highest BCUT2D eigenvalue weighted by molar-refractivity contribution is 5.77. The van der Waals surface area contributed by atoms with Crippen molar-refractivity contribution in [3.63, 3.8) is 0 Å². The van der Waals surface area contributed by atoms with E-state index in [2.05, 4.69) is 5.32 Å².